The molecule has 0 aliphatic carbocycles. The number of esters is 1. The third-order valence-corrected chi connectivity index (χ3v) is 21.7. The van der Waals surface area contributed by atoms with Gasteiger partial charge in [-0.3, -0.25) is 9.59 Å². The Morgan fingerprint density at radius 2 is 1.69 bits per heavy atom. The zero-order valence-electron chi connectivity index (χ0n) is 34.7. The van der Waals surface area contributed by atoms with Gasteiger partial charge in [-0.15, -0.1) is 17.9 Å². The van der Waals surface area contributed by atoms with E-state index in [2.05, 4.69) is 86.2 Å². The van der Waals surface area contributed by atoms with E-state index in [1.807, 2.05) is 45.2 Å². The van der Waals surface area contributed by atoms with E-state index in [-0.39, 0.29) is 40.9 Å². The number of nitrogens with zero attached hydrogens (tertiary/aromatic N) is 1. The van der Waals surface area contributed by atoms with Crippen LogP contribution < -0.4 is 0 Å². The number of aryl methyl sites for hydroxylation is 1. The average Bonchev–Trinajstić information content (AvgIpc) is 3.41. The number of thiazole rings is 1. The van der Waals surface area contributed by atoms with Crippen LogP contribution in [0.5, 0.6) is 0 Å². The Morgan fingerprint density at radius 3 is 2.20 bits per heavy atom. The van der Waals surface area contributed by atoms with Crippen molar-refractivity contribution in [3.05, 3.63) is 46.0 Å². The molecular formula is C41H71NO6SSi2. The lowest BCUT2D eigenvalue weighted by molar-refractivity contribution is -0.154. The smallest absolute Gasteiger partial charge is 0.309 e. The van der Waals surface area contributed by atoms with Crippen molar-refractivity contribution >= 4 is 45.8 Å². The first-order chi connectivity index (χ1) is 23.3. The molecule has 0 unspecified atom stereocenters. The molecule has 290 valence electrons. The van der Waals surface area contributed by atoms with E-state index in [1.165, 1.54) is 0 Å². The minimum Gasteiger partial charge on any atom is -0.457 e. The molecule has 0 fully saturated rings. The zero-order valence-corrected chi connectivity index (χ0v) is 37.5. The molecule has 10 heteroatoms. The summed E-state index contributed by atoms with van der Waals surface area (Å²) in [5, 5.41) is 13.1. The summed E-state index contributed by atoms with van der Waals surface area (Å²) in [6.07, 6.45) is 7.27. The van der Waals surface area contributed by atoms with E-state index in [0.29, 0.717) is 19.3 Å². The van der Waals surface area contributed by atoms with Crippen LogP contribution in [-0.2, 0) is 23.2 Å². The van der Waals surface area contributed by atoms with Crippen molar-refractivity contribution in [3.8, 4) is 0 Å². The number of hydrogen-bond donors (Lipinski definition) is 1. The normalized spacial score (nSPS) is 28.6. The Kier molecular flexibility index (Phi) is 16.1. The van der Waals surface area contributed by atoms with Crippen molar-refractivity contribution in [2.75, 3.05) is 6.61 Å². The first kappa shape index (κ1) is 45.5. The molecule has 0 aromatic carbocycles. The number of ketones is 1. The minimum atomic E-state index is -2.48. The molecule has 2 heterocycles. The van der Waals surface area contributed by atoms with Crippen LogP contribution in [0.25, 0.3) is 6.08 Å². The molecule has 1 aromatic heterocycles. The van der Waals surface area contributed by atoms with Crippen LogP contribution in [0.2, 0.25) is 36.3 Å². The quantitative estimate of drug-likeness (QED) is 0.152. The summed E-state index contributed by atoms with van der Waals surface area (Å²) >= 11 is 1.57. The number of aromatic nitrogens is 1. The molecule has 0 bridgehead atoms. The van der Waals surface area contributed by atoms with E-state index >= 15 is 4.79 Å². The molecule has 1 N–H and O–H groups in total. The van der Waals surface area contributed by atoms with Gasteiger partial charge in [0.25, 0.3) is 0 Å². The zero-order chi connectivity index (χ0) is 39.2. The Bertz CT molecular complexity index is 1400. The average molecular weight is 762 g/mol. The summed E-state index contributed by atoms with van der Waals surface area (Å²) in [5.41, 5.74) is 1.55. The number of rotatable bonds is 9. The lowest BCUT2D eigenvalue weighted by atomic mass is 9.69. The molecule has 51 heavy (non-hydrogen) atoms. The van der Waals surface area contributed by atoms with E-state index in [4.69, 9.17) is 13.6 Å². The number of Topliss-reactive ketones (excluding diaryl/α,β-unsaturated/α-hetero) is 1. The van der Waals surface area contributed by atoms with Gasteiger partial charge in [0.15, 0.2) is 16.6 Å². The topological polar surface area (TPSA) is 95.0 Å². The van der Waals surface area contributed by atoms with E-state index in [0.717, 1.165) is 34.7 Å². The molecule has 1 aliphatic rings. The fourth-order valence-corrected chi connectivity index (χ4v) is 9.76. The fourth-order valence-electron chi connectivity index (χ4n) is 6.31. The highest BCUT2D eigenvalue weighted by atomic mass is 32.1. The van der Waals surface area contributed by atoms with Gasteiger partial charge in [-0.1, -0.05) is 67.5 Å². The van der Waals surface area contributed by atoms with Gasteiger partial charge in [-0.2, -0.15) is 0 Å². The van der Waals surface area contributed by atoms with Gasteiger partial charge in [0.05, 0.1) is 41.4 Å². The first-order valence-electron chi connectivity index (χ1n) is 18.9. The maximum atomic E-state index is 15.2. The summed E-state index contributed by atoms with van der Waals surface area (Å²) in [6, 6.07) is 0. The van der Waals surface area contributed by atoms with Crippen LogP contribution in [0.1, 0.15) is 118 Å². The standard InChI is InChI=1S/C41H71NO6SSi2/c1-17-23-41(12)35(47-50(13,14)39(6,7)8)25-36(44)46-34(29(3)24-33-27-49-31(5)42-33)22-21-32(26-43)20-18-19-28(2)37(30(4)38(41)45)48-51(15,16)40(9,10)11/h17,21,24,27-28,30,34-35,37,43H,1,18-20,22-23,25-26H2,2-16H3/b29-24+,32-21+/t28-,30-,34-,35-,37+,41-/m0/s1. The highest BCUT2D eigenvalue weighted by Crippen LogP contribution is 2.45. The lowest BCUT2D eigenvalue weighted by Gasteiger charge is -2.47. The maximum absolute atomic E-state index is 15.2. The van der Waals surface area contributed by atoms with Crippen molar-refractivity contribution in [2.45, 2.75) is 169 Å². The molecular weight excluding hydrogens is 691 g/mol. The predicted molar refractivity (Wildman–Crippen MR) is 219 cm³/mol. The second-order valence-corrected chi connectivity index (χ2v) is 28.8. The minimum absolute atomic E-state index is 0.0315. The van der Waals surface area contributed by atoms with Crippen LogP contribution in [0, 0.1) is 24.2 Å². The Hall–Kier alpha value is -1.70. The summed E-state index contributed by atoms with van der Waals surface area (Å²) in [6.45, 7) is 36.1. The Balaban J connectivity index is 2.79. The Morgan fingerprint density at radius 1 is 1.10 bits per heavy atom. The van der Waals surface area contributed by atoms with E-state index in [9.17, 15) is 9.90 Å². The number of ether oxygens (including phenoxy) is 1. The SMILES string of the molecule is C=CC[C@]1(C)C(=O)[C@@H](C)[C@H](O[Si](C)(C)C(C)(C)C)[C@@H](C)CCC/C(CO)=C\C[C@@H](/C(C)=C/c2csc(C)n2)OC(=O)C[C@@H]1O[Si](C)(C)C(C)(C)C. The molecule has 6 atom stereocenters. The van der Waals surface area contributed by atoms with Gasteiger partial charge in [0.1, 0.15) is 11.9 Å². The highest BCUT2D eigenvalue weighted by molar-refractivity contribution is 7.09. The highest BCUT2D eigenvalue weighted by Gasteiger charge is 2.51. The molecule has 0 amide bonds. The molecule has 0 radical (unpaired) electrons. The maximum Gasteiger partial charge on any atom is 0.309 e. The molecule has 2 rings (SSSR count). The number of aliphatic hydroxyl groups is 1. The van der Waals surface area contributed by atoms with Crippen LogP contribution in [-0.4, -0.2) is 63.4 Å². The van der Waals surface area contributed by atoms with Crippen molar-refractivity contribution < 1.29 is 28.3 Å². The van der Waals surface area contributed by atoms with Gasteiger partial charge in [-0.25, -0.2) is 4.98 Å². The third kappa shape index (κ3) is 12.2. The van der Waals surface area contributed by atoms with Gasteiger partial charge in [0.2, 0.25) is 0 Å². The number of carbonyl (C=O) groups excluding carboxylic acids is 2. The van der Waals surface area contributed by atoms with Gasteiger partial charge < -0.3 is 18.7 Å². The molecule has 0 saturated heterocycles. The largest absolute Gasteiger partial charge is 0.457 e. The molecule has 7 nitrogen and oxygen atoms in total. The molecule has 1 aromatic rings. The molecule has 0 spiro atoms. The van der Waals surface area contributed by atoms with E-state index in [1.54, 1.807) is 17.4 Å². The number of allylic oxidation sites excluding steroid dienone is 1. The number of cyclic esters (lactones) is 1. The second-order valence-electron chi connectivity index (χ2n) is 18.3. The summed E-state index contributed by atoms with van der Waals surface area (Å²) in [5.74, 6) is -0.761. The van der Waals surface area contributed by atoms with Crippen molar-refractivity contribution in [1.82, 2.24) is 4.98 Å². The van der Waals surface area contributed by atoms with Crippen molar-refractivity contribution in [1.29, 1.82) is 0 Å². The fraction of sp³-hybridized carbons (Fsp3) is 0.732. The van der Waals surface area contributed by atoms with Gasteiger partial charge in [0, 0.05) is 17.7 Å². The summed E-state index contributed by atoms with van der Waals surface area (Å²) in [4.78, 5) is 34.0. The van der Waals surface area contributed by atoms with Crippen LogP contribution >= 0.6 is 11.3 Å². The van der Waals surface area contributed by atoms with Gasteiger partial charge in [-0.05, 0) is 106 Å². The summed E-state index contributed by atoms with van der Waals surface area (Å²) < 4.78 is 20.6. The van der Waals surface area contributed by atoms with Crippen molar-refractivity contribution in [2.24, 2.45) is 17.3 Å². The third-order valence-electron chi connectivity index (χ3n) is 11.9. The van der Waals surface area contributed by atoms with Gasteiger partial charge >= 0.3 is 5.97 Å². The van der Waals surface area contributed by atoms with Crippen LogP contribution in [0.15, 0.2) is 35.3 Å². The molecule has 0 saturated carbocycles. The predicted octanol–water partition coefficient (Wildman–Crippen LogP) is 10.9. The lowest BCUT2D eigenvalue weighted by Crippen LogP contribution is -2.55. The monoisotopic (exact) mass is 761 g/mol. The molecule has 1 aliphatic heterocycles. The van der Waals surface area contributed by atoms with Crippen molar-refractivity contribution in [3.63, 3.8) is 0 Å². The second kappa shape index (κ2) is 18.1. The van der Waals surface area contributed by atoms with E-state index < -0.39 is 46.1 Å². The number of aliphatic hydroxyl groups excluding tert-OH is 1. The number of carbonyl (C=O) groups is 2. The first-order valence-corrected chi connectivity index (χ1v) is 25.6. The van der Waals surface area contributed by atoms with Crippen LogP contribution in [0.4, 0.5) is 0 Å². The number of hydrogen-bond acceptors (Lipinski definition) is 8. The Labute approximate surface area is 317 Å². The van der Waals surface area contributed by atoms with Crippen LogP contribution in [0.3, 0.4) is 0 Å². The summed E-state index contributed by atoms with van der Waals surface area (Å²) in [7, 11) is -4.77.